The fourth-order valence-corrected chi connectivity index (χ4v) is 3.10. The van der Waals surface area contributed by atoms with E-state index in [1.54, 1.807) is 7.11 Å². The highest BCUT2D eigenvalue weighted by molar-refractivity contribution is 8.00. The monoisotopic (exact) mass is 216 g/mol. The number of methoxy groups -OCH3 is 1. The molecule has 2 unspecified atom stereocenters. The van der Waals surface area contributed by atoms with Crippen LogP contribution in [0.25, 0.3) is 0 Å². The van der Waals surface area contributed by atoms with Gasteiger partial charge in [0.25, 0.3) is 0 Å². The van der Waals surface area contributed by atoms with Gasteiger partial charge in [0, 0.05) is 19.6 Å². The maximum atomic E-state index is 11.9. The Morgan fingerprint density at radius 2 is 2.36 bits per heavy atom. The third kappa shape index (κ3) is 3.62. The van der Waals surface area contributed by atoms with Crippen LogP contribution >= 0.6 is 11.8 Å². The van der Waals surface area contributed by atoms with Crippen LogP contribution in [-0.4, -0.2) is 30.5 Å². The summed E-state index contributed by atoms with van der Waals surface area (Å²) in [5, 5.41) is 0.274. The molecule has 1 aliphatic rings. The van der Waals surface area contributed by atoms with Crippen molar-refractivity contribution in [3.63, 3.8) is 0 Å². The van der Waals surface area contributed by atoms with Gasteiger partial charge in [0.1, 0.15) is 5.78 Å². The van der Waals surface area contributed by atoms with E-state index in [1.807, 2.05) is 18.7 Å². The predicted molar refractivity (Wildman–Crippen MR) is 60.8 cm³/mol. The van der Waals surface area contributed by atoms with Crippen molar-refractivity contribution in [1.29, 1.82) is 0 Å². The van der Waals surface area contributed by atoms with Gasteiger partial charge in [-0.2, -0.15) is 11.8 Å². The van der Waals surface area contributed by atoms with Gasteiger partial charge >= 0.3 is 0 Å². The Morgan fingerprint density at radius 1 is 1.57 bits per heavy atom. The van der Waals surface area contributed by atoms with Gasteiger partial charge in [-0.1, -0.05) is 13.3 Å². The topological polar surface area (TPSA) is 26.3 Å². The van der Waals surface area contributed by atoms with Crippen LogP contribution in [0.15, 0.2) is 0 Å². The Morgan fingerprint density at radius 3 is 2.93 bits per heavy atom. The maximum Gasteiger partial charge on any atom is 0.148 e. The van der Waals surface area contributed by atoms with E-state index in [0.717, 1.165) is 18.6 Å². The second-order valence-corrected chi connectivity index (χ2v) is 5.25. The lowest BCUT2D eigenvalue weighted by Gasteiger charge is -2.22. The lowest BCUT2D eigenvalue weighted by molar-refractivity contribution is -0.122. The van der Waals surface area contributed by atoms with Gasteiger partial charge in [-0.05, 0) is 25.0 Å². The highest BCUT2D eigenvalue weighted by Gasteiger charge is 2.25. The molecule has 1 saturated heterocycles. The van der Waals surface area contributed by atoms with Gasteiger partial charge < -0.3 is 4.74 Å². The van der Waals surface area contributed by atoms with Gasteiger partial charge in [-0.25, -0.2) is 0 Å². The van der Waals surface area contributed by atoms with Crippen molar-refractivity contribution in [2.75, 3.05) is 19.5 Å². The molecule has 2 nitrogen and oxygen atoms in total. The fraction of sp³-hybridized carbons (Fsp3) is 0.909. The molecule has 0 aromatic heterocycles. The minimum atomic E-state index is 0.172. The van der Waals surface area contributed by atoms with Crippen LogP contribution in [0.5, 0.6) is 0 Å². The molecule has 1 fully saturated rings. The molecule has 2 atom stereocenters. The van der Waals surface area contributed by atoms with E-state index in [2.05, 4.69) is 0 Å². The first-order valence-corrected chi connectivity index (χ1v) is 6.45. The molecule has 0 aromatic rings. The van der Waals surface area contributed by atoms with E-state index in [-0.39, 0.29) is 11.2 Å². The van der Waals surface area contributed by atoms with E-state index in [1.165, 1.54) is 12.8 Å². The van der Waals surface area contributed by atoms with Crippen molar-refractivity contribution < 1.29 is 9.53 Å². The van der Waals surface area contributed by atoms with Gasteiger partial charge in [-0.3, -0.25) is 4.79 Å². The van der Waals surface area contributed by atoms with E-state index in [0.29, 0.717) is 12.4 Å². The second kappa shape index (κ2) is 6.46. The van der Waals surface area contributed by atoms with Gasteiger partial charge in [0.05, 0.1) is 5.25 Å². The molecule has 0 aliphatic carbocycles. The molecule has 14 heavy (non-hydrogen) atoms. The Kier molecular flexibility index (Phi) is 5.56. The van der Waals surface area contributed by atoms with Crippen molar-refractivity contribution in [3.05, 3.63) is 0 Å². The normalized spacial score (nSPS) is 24.6. The molecule has 3 heteroatoms. The fourth-order valence-electron chi connectivity index (χ4n) is 1.72. The molecule has 82 valence electrons. The quantitative estimate of drug-likeness (QED) is 0.706. The van der Waals surface area contributed by atoms with Gasteiger partial charge in [-0.15, -0.1) is 0 Å². The van der Waals surface area contributed by atoms with E-state index < -0.39 is 0 Å². The summed E-state index contributed by atoms with van der Waals surface area (Å²) in [6, 6.07) is 0. The van der Waals surface area contributed by atoms with Crippen LogP contribution in [0, 0.1) is 5.92 Å². The molecule has 0 spiro atoms. The number of thioether (sulfide) groups is 1. The molecule has 1 heterocycles. The van der Waals surface area contributed by atoms with Crippen molar-refractivity contribution in [2.45, 2.75) is 37.9 Å². The van der Waals surface area contributed by atoms with Gasteiger partial charge in [0.2, 0.25) is 0 Å². The molecule has 0 amide bonds. The van der Waals surface area contributed by atoms with E-state index in [9.17, 15) is 4.79 Å². The van der Waals surface area contributed by atoms with Crippen LogP contribution in [0.1, 0.15) is 32.6 Å². The SMILES string of the molecule is COCCC(C)C(=O)C1CCCCS1. The smallest absolute Gasteiger partial charge is 0.148 e. The summed E-state index contributed by atoms with van der Waals surface area (Å²) >= 11 is 1.84. The zero-order chi connectivity index (χ0) is 10.4. The average molecular weight is 216 g/mol. The highest BCUT2D eigenvalue weighted by Crippen LogP contribution is 2.28. The van der Waals surface area contributed by atoms with Crippen molar-refractivity contribution in [2.24, 2.45) is 5.92 Å². The first-order valence-electron chi connectivity index (χ1n) is 5.40. The average Bonchev–Trinajstić information content (AvgIpc) is 2.26. The summed E-state index contributed by atoms with van der Waals surface area (Å²) in [6.45, 7) is 2.72. The zero-order valence-corrected chi connectivity index (χ0v) is 9.94. The largest absolute Gasteiger partial charge is 0.385 e. The summed E-state index contributed by atoms with van der Waals surface area (Å²) in [7, 11) is 1.69. The Balaban J connectivity index is 2.30. The first-order chi connectivity index (χ1) is 6.75. The Hall–Kier alpha value is -0.0200. The third-order valence-corrected chi connectivity index (χ3v) is 4.13. The van der Waals surface area contributed by atoms with Crippen molar-refractivity contribution in [3.8, 4) is 0 Å². The van der Waals surface area contributed by atoms with Crippen molar-refractivity contribution in [1.82, 2.24) is 0 Å². The number of hydrogen-bond acceptors (Lipinski definition) is 3. The molecule has 0 saturated carbocycles. The number of hydrogen-bond donors (Lipinski definition) is 0. The molecule has 0 radical (unpaired) electrons. The van der Waals surface area contributed by atoms with Crippen LogP contribution in [-0.2, 0) is 9.53 Å². The summed E-state index contributed by atoms with van der Waals surface area (Å²) in [6.07, 6.45) is 4.45. The van der Waals surface area contributed by atoms with E-state index in [4.69, 9.17) is 4.74 Å². The van der Waals surface area contributed by atoms with Crippen LogP contribution in [0.4, 0.5) is 0 Å². The molecule has 0 aromatic carbocycles. The minimum absolute atomic E-state index is 0.172. The number of carbonyl (C=O) groups excluding carboxylic acids is 1. The first kappa shape index (κ1) is 12.1. The summed E-state index contributed by atoms with van der Waals surface area (Å²) in [4.78, 5) is 11.9. The molecule has 1 rings (SSSR count). The second-order valence-electron chi connectivity index (χ2n) is 3.94. The van der Waals surface area contributed by atoms with E-state index >= 15 is 0 Å². The lowest BCUT2D eigenvalue weighted by atomic mass is 9.97. The molecular weight excluding hydrogens is 196 g/mol. The molecule has 1 aliphatic heterocycles. The standard InChI is InChI=1S/C11H20O2S/c1-9(6-7-13-2)11(12)10-5-3-4-8-14-10/h9-10H,3-8H2,1-2H3. The maximum absolute atomic E-state index is 11.9. The summed E-state index contributed by atoms with van der Waals surface area (Å²) in [5.41, 5.74) is 0. The summed E-state index contributed by atoms with van der Waals surface area (Å²) in [5.74, 6) is 1.77. The minimum Gasteiger partial charge on any atom is -0.385 e. The van der Waals surface area contributed by atoms with Gasteiger partial charge in [0.15, 0.2) is 0 Å². The molecule has 0 bridgehead atoms. The number of Topliss-reactive ketones (excluding diaryl/α,β-unsaturated/α-hetero) is 1. The Bertz CT molecular complexity index is 176. The molecule has 0 N–H and O–H groups in total. The van der Waals surface area contributed by atoms with Crippen LogP contribution in [0.2, 0.25) is 0 Å². The number of ketones is 1. The number of carbonyl (C=O) groups is 1. The lowest BCUT2D eigenvalue weighted by Crippen LogP contribution is -2.27. The molecular formula is C11H20O2S. The third-order valence-electron chi connectivity index (χ3n) is 2.74. The number of rotatable bonds is 5. The highest BCUT2D eigenvalue weighted by atomic mass is 32.2. The van der Waals surface area contributed by atoms with Crippen LogP contribution < -0.4 is 0 Å². The Labute approximate surface area is 90.8 Å². The zero-order valence-electron chi connectivity index (χ0n) is 9.12. The number of ether oxygens (including phenoxy) is 1. The van der Waals surface area contributed by atoms with Crippen LogP contribution in [0.3, 0.4) is 0 Å². The van der Waals surface area contributed by atoms with Crippen molar-refractivity contribution >= 4 is 17.5 Å². The predicted octanol–water partition coefficient (Wildman–Crippen LogP) is 2.51. The summed E-state index contributed by atoms with van der Waals surface area (Å²) < 4.78 is 4.99.